The fraction of sp³-hybridized carbons (Fsp3) is 0.909. The van der Waals surface area contributed by atoms with Gasteiger partial charge in [0, 0.05) is 35.8 Å². The Morgan fingerprint density at radius 2 is 2.12 bits per heavy atom. The quantitative estimate of drug-likeness (QED) is 0.703. The van der Waals surface area contributed by atoms with Gasteiger partial charge in [0.1, 0.15) is 11.7 Å². The summed E-state index contributed by atoms with van der Waals surface area (Å²) in [6.07, 6.45) is 0.907. The number of hydrogen-bond acceptors (Lipinski definition) is 5. The standard InChI is InChI=1S/C11H21NO3S2/c1-4-17(14,15)10-7-16-6-5-12(10)8-11(2,3)9-13/h9-10H,4-8H2,1-3H3. The fourth-order valence-electron chi connectivity index (χ4n) is 1.88. The Bertz CT molecular complexity index is 365. The molecule has 1 heterocycles. The number of carbonyl (C=O) groups excluding carboxylic acids is 1. The molecule has 0 bridgehead atoms. The molecule has 0 aromatic rings. The molecule has 1 unspecified atom stereocenters. The maximum Gasteiger partial charge on any atom is 0.166 e. The van der Waals surface area contributed by atoms with Crippen molar-refractivity contribution in [3.8, 4) is 0 Å². The van der Waals surface area contributed by atoms with Crippen LogP contribution < -0.4 is 0 Å². The van der Waals surface area contributed by atoms with E-state index in [2.05, 4.69) is 0 Å². The van der Waals surface area contributed by atoms with E-state index < -0.39 is 20.6 Å². The molecule has 0 radical (unpaired) electrons. The second-order valence-corrected chi connectivity index (χ2v) is 8.66. The number of rotatable bonds is 5. The molecule has 1 atom stereocenters. The first-order valence-corrected chi connectivity index (χ1v) is 8.69. The average Bonchev–Trinajstić information content (AvgIpc) is 2.29. The molecular formula is C11H21NO3S2. The molecule has 1 saturated heterocycles. The van der Waals surface area contributed by atoms with Crippen LogP contribution in [0.3, 0.4) is 0 Å². The van der Waals surface area contributed by atoms with Crippen LogP contribution >= 0.6 is 11.8 Å². The minimum Gasteiger partial charge on any atom is -0.303 e. The minimum atomic E-state index is -3.06. The van der Waals surface area contributed by atoms with Crippen LogP contribution in [0.1, 0.15) is 20.8 Å². The molecule has 17 heavy (non-hydrogen) atoms. The lowest BCUT2D eigenvalue weighted by Crippen LogP contribution is -2.51. The molecule has 1 fully saturated rings. The topological polar surface area (TPSA) is 54.5 Å². The molecule has 0 aromatic heterocycles. The summed E-state index contributed by atoms with van der Waals surface area (Å²) in [5.41, 5.74) is -0.483. The Kier molecular flexibility index (Phi) is 5.04. The van der Waals surface area contributed by atoms with Crippen molar-refractivity contribution in [1.82, 2.24) is 4.90 Å². The number of aldehydes is 1. The van der Waals surface area contributed by atoms with Gasteiger partial charge in [-0.05, 0) is 0 Å². The first-order valence-electron chi connectivity index (χ1n) is 5.82. The Morgan fingerprint density at radius 1 is 1.47 bits per heavy atom. The van der Waals surface area contributed by atoms with Crippen LogP contribution in [-0.2, 0) is 14.6 Å². The molecule has 1 aliphatic rings. The van der Waals surface area contributed by atoms with E-state index in [-0.39, 0.29) is 5.75 Å². The first-order chi connectivity index (χ1) is 7.82. The summed E-state index contributed by atoms with van der Waals surface area (Å²) in [6.45, 7) is 6.62. The van der Waals surface area contributed by atoms with E-state index in [1.165, 1.54) is 0 Å². The van der Waals surface area contributed by atoms with Gasteiger partial charge in [0.25, 0.3) is 0 Å². The van der Waals surface area contributed by atoms with Gasteiger partial charge in [-0.15, -0.1) is 0 Å². The number of sulfone groups is 1. The summed E-state index contributed by atoms with van der Waals surface area (Å²) in [7, 11) is -3.06. The highest BCUT2D eigenvalue weighted by Gasteiger charge is 2.35. The molecular weight excluding hydrogens is 258 g/mol. The van der Waals surface area contributed by atoms with Crippen LogP contribution in [-0.4, -0.2) is 55.3 Å². The smallest absolute Gasteiger partial charge is 0.166 e. The lowest BCUT2D eigenvalue weighted by atomic mass is 9.95. The van der Waals surface area contributed by atoms with E-state index in [0.717, 1.165) is 18.6 Å². The molecule has 0 N–H and O–H groups in total. The van der Waals surface area contributed by atoms with E-state index in [0.29, 0.717) is 12.3 Å². The van der Waals surface area contributed by atoms with Crippen molar-refractivity contribution in [2.75, 3.05) is 30.3 Å². The first kappa shape index (κ1) is 15.0. The van der Waals surface area contributed by atoms with E-state index in [1.54, 1.807) is 18.7 Å². The summed E-state index contributed by atoms with van der Waals surface area (Å²) < 4.78 is 24.0. The van der Waals surface area contributed by atoms with Crippen LogP contribution in [0.2, 0.25) is 0 Å². The second-order valence-electron chi connectivity index (χ2n) is 5.06. The zero-order valence-electron chi connectivity index (χ0n) is 10.7. The van der Waals surface area contributed by atoms with Crippen molar-refractivity contribution in [2.24, 2.45) is 5.41 Å². The SMILES string of the molecule is CCS(=O)(=O)C1CSCCN1CC(C)(C)C=O. The highest BCUT2D eigenvalue weighted by atomic mass is 32.2. The Hall–Kier alpha value is -0.0700. The summed E-state index contributed by atoms with van der Waals surface area (Å²) in [5, 5.41) is -0.425. The van der Waals surface area contributed by atoms with E-state index in [9.17, 15) is 13.2 Å². The average molecular weight is 279 g/mol. The minimum absolute atomic E-state index is 0.163. The predicted octanol–water partition coefficient (Wildman–Crippen LogP) is 1.02. The maximum atomic E-state index is 12.0. The van der Waals surface area contributed by atoms with Crippen molar-refractivity contribution >= 4 is 27.9 Å². The van der Waals surface area contributed by atoms with Gasteiger partial charge in [0.05, 0.1) is 0 Å². The largest absolute Gasteiger partial charge is 0.303 e. The highest BCUT2D eigenvalue weighted by molar-refractivity contribution is 8.01. The van der Waals surface area contributed by atoms with Crippen molar-refractivity contribution in [1.29, 1.82) is 0 Å². The highest BCUT2D eigenvalue weighted by Crippen LogP contribution is 2.25. The number of nitrogens with zero attached hydrogens (tertiary/aromatic N) is 1. The molecule has 0 spiro atoms. The Labute approximate surface area is 108 Å². The molecule has 0 saturated carbocycles. The molecule has 0 aromatic carbocycles. The lowest BCUT2D eigenvalue weighted by Gasteiger charge is -2.37. The van der Waals surface area contributed by atoms with Gasteiger partial charge < -0.3 is 4.79 Å². The normalized spacial score (nSPS) is 23.6. The summed E-state index contributed by atoms with van der Waals surface area (Å²) in [5.74, 6) is 1.71. The van der Waals surface area contributed by atoms with Gasteiger partial charge in [0.2, 0.25) is 0 Å². The van der Waals surface area contributed by atoms with Crippen molar-refractivity contribution in [3.05, 3.63) is 0 Å². The van der Waals surface area contributed by atoms with E-state index >= 15 is 0 Å². The maximum absolute atomic E-state index is 12.0. The Morgan fingerprint density at radius 3 is 2.65 bits per heavy atom. The molecule has 0 aliphatic carbocycles. The van der Waals surface area contributed by atoms with Crippen LogP contribution in [0.5, 0.6) is 0 Å². The third kappa shape index (κ3) is 3.96. The van der Waals surface area contributed by atoms with Gasteiger partial charge in [-0.2, -0.15) is 11.8 Å². The zero-order chi connectivity index (χ0) is 13.1. The summed E-state index contributed by atoms with van der Waals surface area (Å²) in [6, 6.07) is 0. The van der Waals surface area contributed by atoms with Crippen molar-refractivity contribution < 1.29 is 13.2 Å². The number of hydrogen-bond donors (Lipinski definition) is 0. The van der Waals surface area contributed by atoms with E-state index in [4.69, 9.17) is 0 Å². The second kappa shape index (κ2) is 5.71. The third-order valence-corrected chi connectivity index (χ3v) is 6.27. The Balaban J connectivity index is 2.84. The van der Waals surface area contributed by atoms with Crippen LogP contribution in [0, 0.1) is 5.41 Å². The van der Waals surface area contributed by atoms with Crippen LogP contribution in [0.25, 0.3) is 0 Å². The predicted molar refractivity (Wildman–Crippen MR) is 72.0 cm³/mol. The van der Waals surface area contributed by atoms with Gasteiger partial charge in [0.15, 0.2) is 9.84 Å². The zero-order valence-corrected chi connectivity index (χ0v) is 12.3. The number of carbonyl (C=O) groups is 1. The molecule has 4 nitrogen and oxygen atoms in total. The molecule has 6 heteroatoms. The van der Waals surface area contributed by atoms with Gasteiger partial charge in [-0.3, -0.25) is 4.90 Å². The molecule has 1 aliphatic heterocycles. The summed E-state index contributed by atoms with van der Waals surface area (Å²) in [4.78, 5) is 12.9. The van der Waals surface area contributed by atoms with Gasteiger partial charge >= 0.3 is 0 Å². The van der Waals surface area contributed by atoms with Crippen LogP contribution in [0.15, 0.2) is 0 Å². The fourth-order valence-corrected chi connectivity index (χ4v) is 4.96. The van der Waals surface area contributed by atoms with Crippen molar-refractivity contribution in [2.45, 2.75) is 26.1 Å². The molecule has 100 valence electrons. The monoisotopic (exact) mass is 279 g/mol. The van der Waals surface area contributed by atoms with E-state index in [1.807, 2.05) is 18.7 Å². The number of thioether (sulfide) groups is 1. The molecule has 0 amide bonds. The van der Waals surface area contributed by atoms with Gasteiger partial charge in [-0.1, -0.05) is 20.8 Å². The molecule has 1 rings (SSSR count). The summed E-state index contributed by atoms with van der Waals surface area (Å²) >= 11 is 1.67. The lowest BCUT2D eigenvalue weighted by molar-refractivity contribution is -0.115. The third-order valence-electron chi connectivity index (χ3n) is 2.94. The van der Waals surface area contributed by atoms with Gasteiger partial charge in [-0.25, -0.2) is 8.42 Å². The van der Waals surface area contributed by atoms with Crippen LogP contribution in [0.4, 0.5) is 0 Å². The van der Waals surface area contributed by atoms with Crippen molar-refractivity contribution in [3.63, 3.8) is 0 Å².